The molecule has 0 aliphatic carbocycles. The van der Waals surface area contributed by atoms with Crippen molar-refractivity contribution in [3.8, 4) is 0 Å². The lowest BCUT2D eigenvalue weighted by atomic mass is 10.2. The van der Waals surface area contributed by atoms with Crippen LogP contribution in [0.25, 0.3) is 0 Å². The molecule has 2 heteroatoms. The number of cyclic esters (lactones) is 1. The summed E-state index contributed by atoms with van der Waals surface area (Å²) in [7, 11) is 0. The SMILES string of the molecule is C=C/C=C/C=C/C=C/C1CCC(=O)O1. The molecule has 1 aliphatic heterocycles. The van der Waals surface area contributed by atoms with Crippen LogP contribution in [0.5, 0.6) is 0 Å². The van der Waals surface area contributed by atoms with Gasteiger partial charge in [-0.2, -0.15) is 0 Å². The maximum atomic E-state index is 10.7. The third-order valence-electron chi connectivity index (χ3n) is 1.82. The highest BCUT2D eigenvalue weighted by molar-refractivity contribution is 5.71. The van der Waals surface area contributed by atoms with Crippen LogP contribution in [0.3, 0.4) is 0 Å². The van der Waals surface area contributed by atoms with Crippen molar-refractivity contribution in [2.75, 3.05) is 0 Å². The minimum atomic E-state index is -0.102. The van der Waals surface area contributed by atoms with Crippen LogP contribution in [0.2, 0.25) is 0 Å². The molecule has 0 saturated carbocycles. The molecule has 2 nitrogen and oxygen atoms in total. The third-order valence-corrected chi connectivity index (χ3v) is 1.82. The van der Waals surface area contributed by atoms with Crippen molar-refractivity contribution in [2.24, 2.45) is 0 Å². The summed E-state index contributed by atoms with van der Waals surface area (Å²) in [5.41, 5.74) is 0. The topological polar surface area (TPSA) is 26.3 Å². The molecule has 0 aromatic heterocycles. The lowest BCUT2D eigenvalue weighted by Gasteiger charge is -1.99. The van der Waals surface area contributed by atoms with Gasteiger partial charge >= 0.3 is 5.97 Å². The van der Waals surface area contributed by atoms with Crippen LogP contribution >= 0.6 is 0 Å². The standard InChI is InChI=1S/C12H14O2/c1-2-3-4-5-6-7-8-11-9-10-12(13)14-11/h2-8,11H,1,9-10H2/b4-3+,6-5+,8-7+. The maximum absolute atomic E-state index is 10.7. The number of hydrogen-bond acceptors (Lipinski definition) is 2. The molecule has 0 amide bonds. The van der Waals surface area contributed by atoms with Gasteiger partial charge in [-0.3, -0.25) is 4.79 Å². The van der Waals surface area contributed by atoms with Crippen molar-refractivity contribution in [1.82, 2.24) is 0 Å². The summed E-state index contributed by atoms with van der Waals surface area (Å²) in [4.78, 5) is 10.7. The molecule has 0 radical (unpaired) electrons. The molecular weight excluding hydrogens is 176 g/mol. The summed E-state index contributed by atoms with van der Waals surface area (Å²) in [6, 6.07) is 0. The van der Waals surface area contributed by atoms with Crippen LogP contribution < -0.4 is 0 Å². The van der Waals surface area contributed by atoms with Gasteiger partial charge in [-0.05, 0) is 12.5 Å². The van der Waals surface area contributed by atoms with Crippen molar-refractivity contribution >= 4 is 5.97 Å². The fraction of sp³-hybridized carbons (Fsp3) is 0.250. The molecule has 74 valence electrons. The fourth-order valence-electron chi connectivity index (χ4n) is 1.14. The molecular formula is C12H14O2. The zero-order valence-electron chi connectivity index (χ0n) is 8.06. The summed E-state index contributed by atoms with van der Waals surface area (Å²) >= 11 is 0. The average Bonchev–Trinajstić information content (AvgIpc) is 2.58. The number of carbonyl (C=O) groups is 1. The highest BCUT2D eigenvalue weighted by Gasteiger charge is 2.19. The van der Waals surface area contributed by atoms with Gasteiger partial charge in [0.25, 0.3) is 0 Å². The first-order valence-electron chi connectivity index (χ1n) is 4.65. The monoisotopic (exact) mass is 190 g/mol. The molecule has 14 heavy (non-hydrogen) atoms. The van der Waals surface area contributed by atoms with Gasteiger partial charge in [0.2, 0.25) is 0 Å². The van der Waals surface area contributed by atoms with Gasteiger partial charge in [0.1, 0.15) is 6.10 Å². The Kier molecular flexibility index (Phi) is 4.48. The Bertz CT molecular complexity index is 285. The van der Waals surface area contributed by atoms with Crippen LogP contribution in [0.1, 0.15) is 12.8 Å². The second-order valence-electron chi connectivity index (χ2n) is 2.96. The molecule has 0 N–H and O–H groups in total. The van der Waals surface area contributed by atoms with E-state index >= 15 is 0 Å². The van der Waals surface area contributed by atoms with Crippen LogP contribution in [0.15, 0.2) is 49.1 Å². The molecule has 0 bridgehead atoms. The normalized spacial score (nSPS) is 22.6. The molecule has 0 aromatic carbocycles. The van der Waals surface area contributed by atoms with Crippen LogP contribution in [0, 0.1) is 0 Å². The molecule has 1 rings (SSSR count). The van der Waals surface area contributed by atoms with Gasteiger partial charge in [0.05, 0.1) is 0 Å². The van der Waals surface area contributed by atoms with E-state index in [4.69, 9.17) is 4.74 Å². The first kappa shape index (κ1) is 10.5. The zero-order chi connectivity index (χ0) is 10.2. The minimum Gasteiger partial charge on any atom is -0.458 e. The molecule has 1 saturated heterocycles. The van der Waals surface area contributed by atoms with Crippen LogP contribution in [-0.2, 0) is 9.53 Å². The lowest BCUT2D eigenvalue weighted by molar-refractivity contribution is -0.139. The molecule has 1 fully saturated rings. The summed E-state index contributed by atoms with van der Waals surface area (Å²) in [5.74, 6) is -0.102. The smallest absolute Gasteiger partial charge is 0.306 e. The quantitative estimate of drug-likeness (QED) is 0.503. The molecule has 1 aliphatic rings. The molecule has 0 aromatic rings. The minimum absolute atomic E-state index is 0.0319. The van der Waals surface area contributed by atoms with Crippen molar-refractivity contribution in [3.05, 3.63) is 49.1 Å². The molecule has 1 heterocycles. The molecule has 1 atom stereocenters. The van der Waals surface area contributed by atoms with Gasteiger partial charge in [0, 0.05) is 6.42 Å². The van der Waals surface area contributed by atoms with Crippen LogP contribution in [0.4, 0.5) is 0 Å². The van der Waals surface area contributed by atoms with E-state index in [0.29, 0.717) is 6.42 Å². The van der Waals surface area contributed by atoms with Gasteiger partial charge in [0.15, 0.2) is 0 Å². The number of rotatable bonds is 4. The fourth-order valence-corrected chi connectivity index (χ4v) is 1.14. The Morgan fingerprint density at radius 2 is 1.93 bits per heavy atom. The van der Waals surface area contributed by atoms with Crippen molar-refractivity contribution in [2.45, 2.75) is 18.9 Å². The zero-order valence-corrected chi connectivity index (χ0v) is 8.06. The second-order valence-corrected chi connectivity index (χ2v) is 2.96. The summed E-state index contributed by atoms with van der Waals surface area (Å²) in [6.07, 6.45) is 14.3. The Morgan fingerprint density at radius 3 is 2.57 bits per heavy atom. The molecule has 0 spiro atoms. The van der Waals surface area contributed by atoms with E-state index in [1.807, 2.05) is 36.5 Å². The predicted octanol–water partition coefficient (Wildman–Crippen LogP) is 2.55. The number of hydrogen-bond donors (Lipinski definition) is 0. The van der Waals surface area contributed by atoms with E-state index in [-0.39, 0.29) is 12.1 Å². The average molecular weight is 190 g/mol. The number of carbonyl (C=O) groups excluding carboxylic acids is 1. The van der Waals surface area contributed by atoms with E-state index in [1.54, 1.807) is 6.08 Å². The summed E-state index contributed by atoms with van der Waals surface area (Å²) in [5, 5.41) is 0. The first-order valence-corrected chi connectivity index (χ1v) is 4.65. The molecule has 1 unspecified atom stereocenters. The van der Waals surface area contributed by atoms with Crippen molar-refractivity contribution < 1.29 is 9.53 Å². The number of esters is 1. The van der Waals surface area contributed by atoms with Crippen molar-refractivity contribution in [3.63, 3.8) is 0 Å². The van der Waals surface area contributed by atoms with Gasteiger partial charge in [-0.25, -0.2) is 0 Å². The first-order chi connectivity index (χ1) is 6.83. The van der Waals surface area contributed by atoms with Gasteiger partial charge < -0.3 is 4.74 Å². The van der Waals surface area contributed by atoms with Crippen molar-refractivity contribution in [1.29, 1.82) is 0 Å². The number of ether oxygens (including phenoxy) is 1. The third kappa shape index (κ3) is 3.90. The Morgan fingerprint density at radius 1 is 1.21 bits per heavy atom. The van der Waals surface area contributed by atoms with E-state index in [2.05, 4.69) is 6.58 Å². The lowest BCUT2D eigenvalue weighted by Crippen LogP contribution is -2.01. The van der Waals surface area contributed by atoms with Crippen LogP contribution in [-0.4, -0.2) is 12.1 Å². The van der Waals surface area contributed by atoms with E-state index in [9.17, 15) is 4.79 Å². The highest BCUT2D eigenvalue weighted by atomic mass is 16.5. The summed E-state index contributed by atoms with van der Waals surface area (Å²) < 4.78 is 5.00. The van der Waals surface area contributed by atoms with E-state index in [1.165, 1.54) is 0 Å². The maximum Gasteiger partial charge on any atom is 0.306 e. The second kappa shape index (κ2) is 5.97. The van der Waals surface area contributed by atoms with Gasteiger partial charge in [-0.1, -0.05) is 43.0 Å². The van der Waals surface area contributed by atoms with E-state index < -0.39 is 0 Å². The summed E-state index contributed by atoms with van der Waals surface area (Å²) in [6.45, 7) is 3.55. The highest BCUT2D eigenvalue weighted by Crippen LogP contribution is 2.14. The Hall–Kier alpha value is -1.57. The Labute approximate surface area is 84.3 Å². The van der Waals surface area contributed by atoms with E-state index in [0.717, 1.165) is 6.42 Å². The Balaban J connectivity index is 2.26. The largest absolute Gasteiger partial charge is 0.458 e. The van der Waals surface area contributed by atoms with Gasteiger partial charge in [-0.15, -0.1) is 0 Å². The predicted molar refractivity (Wildman–Crippen MR) is 56.7 cm³/mol. The number of allylic oxidation sites excluding steroid dienone is 6.